The van der Waals surface area contributed by atoms with E-state index in [1.807, 2.05) is 31.2 Å². The number of hydrogen-bond acceptors (Lipinski definition) is 4. The number of anilines is 1. The first-order valence-corrected chi connectivity index (χ1v) is 10.1. The zero-order chi connectivity index (χ0) is 20.8. The Morgan fingerprint density at radius 3 is 2.17 bits per heavy atom. The fourth-order valence-corrected chi connectivity index (χ4v) is 3.47. The van der Waals surface area contributed by atoms with Crippen LogP contribution in [0, 0.1) is 0 Å². The van der Waals surface area contributed by atoms with E-state index in [0.29, 0.717) is 12.2 Å². The molecule has 0 fully saturated rings. The van der Waals surface area contributed by atoms with Crippen molar-refractivity contribution in [2.45, 2.75) is 19.3 Å². The second-order valence-corrected chi connectivity index (χ2v) is 7.13. The van der Waals surface area contributed by atoms with Crippen LogP contribution >= 0.6 is 0 Å². The van der Waals surface area contributed by atoms with E-state index in [1.54, 1.807) is 6.20 Å². The highest BCUT2D eigenvalue weighted by atomic mass is 16.1. The van der Waals surface area contributed by atoms with E-state index in [9.17, 15) is 4.79 Å². The number of hydrogen-bond donors (Lipinski definition) is 2. The summed E-state index contributed by atoms with van der Waals surface area (Å²) in [6, 6.07) is 26.3. The number of pyridine rings is 1. The third-order valence-electron chi connectivity index (χ3n) is 5.09. The average molecular weight is 396 g/mol. The normalized spacial score (nSPS) is 10.9. The number of aromatic nitrogens is 3. The van der Waals surface area contributed by atoms with Gasteiger partial charge in [0, 0.05) is 36.0 Å². The van der Waals surface area contributed by atoms with Gasteiger partial charge < -0.3 is 10.3 Å². The van der Waals surface area contributed by atoms with E-state index in [1.165, 1.54) is 17.2 Å². The van der Waals surface area contributed by atoms with Gasteiger partial charge >= 0.3 is 0 Å². The molecule has 0 aliphatic heterocycles. The number of rotatable bonds is 7. The maximum atomic E-state index is 11.8. The number of nitrogens with zero attached hydrogens (tertiary/aromatic N) is 2. The number of aryl methyl sites for hydroxylation is 1. The predicted molar refractivity (Wildman–Crippen MR) is 121 cm³/mol. The van der Waals surface area contributed by atoms with Crippen LogP contribution in [0.1, 0.15) is 29.7 Å². The van der Waals surface area contributed by atoms with Gasteiger partial charge in [-0.1, -0.05) is 67.6 Å². The zero-order valence-electron chi connectivity index (χ0n) is 16.9. The highest BCUT2D eigenvalue weighted by molar-refractivity contribution is 5.56. The van der Waals surface area contributed by atoms with Crippen molar-refractivity contribution >= 4 is 5.82 Å². The summed E-state index contributed by atoms with van der Waals surface area (Å²) in [5.41, 5.74) is 3.92. The predicted octanol–water partition coefficient (Wildman–Crippen LogP) is 4.64. The lowest BCUT2D eigenvalue weighted by atomic mass is 9.91. The van der Waals surface area contributed by atoms with E-state index in [0.717, 1.165) is 23.6 Å². The standard InChI is InChI=1S/C25H24N4O/c1-2-21-15-24(30)29-25(28-21)20-13-14-23(26-16-20)27-17-22(18-9-5-3-6-10-18)19-11-7-4-8-12-19/h3-16,22H,2,17H2,1H3,(H,26,27)(H,28,29,30). The number of benzene rings is 2. The van der Waals surface area contributed by atoms with Crippen molar-refractivity contribution in [3.8, 4) is 11.4 Å². The van der Waals surface area contributed by atoms with Gasteiger partial charge in [0.1, 0.15) is 11.6 Å². The first kappa shape index (κ1) is 19.6. The zero-order valence-corrected chi connectivity index (χ0v) is 16.9. The maximum Gasteiger partial charge on any atom is 0.251 e. The van der Waals surface area contributed by atoms with Crippen molar-refractivity contribution < 1.29 is 0 Å². The Morgan fingerprint density at radius 1 is 0.933 bits per heavy atom. The number of nitrogens with one attached hydrogen (secondary N) is 2. The molecule has 5 heteroatoms. The molecule has 4 aromatic rings. The van der Waals surface area contributed by atoms with Crippen LogP contribution in [0.5, 0.6) is 0 Å². The summed E-state index contributed by atoms with van der Waals surface area (Å²) in [5.74, 6) is 1.54. The van der Waals surface area contributed by atoms with Gasteiger partial charge in [-0.3, -0.25) is 4.79 Å². The molecule has 5 nitrogen and oxygen atoms in total. The van der Waals surface area contributed by atoms with Crippen molar-refractivity contribution in [2.24, 2.45) is 0 Å². The molecule has 2 aromatic heterocycles. The lowest BCUT2D eigenvalue weighted by molar-refractivity contribution is 0.848. The fraction of sp³-hybridized carbons (Fsp3) is 0.160. The molecule has 0 saturated heterocycles. The number of aromatic amines is 1. The summed E-state index contributed by atoms with van der Waals surface area (Å²) in [6.07, 6.45) is 2.45. The minimum absolute atomic E-state index is 0.146. The first-order valence-electron chi connectivity index (χ1n) is 10.1. The van der Waals surface area contributed by atoms with Gasteiger partial charge in [0.15, 0.2) is 0 Å². The molecule has 0 saturated carbocycles. The summed E-state index contributed by atoms with van der Waals surface area (Å²) in [4.78, 5) is 23.6. The van der Waals surface area contributed by atoms with Crippen molar-refractivity contribution in [1.82, 2.24) is 15.0 Å². The summed E-state index contributed by atoms with van der Waals surface area (Å²) >= 11 is 0. The Labute approximate surface area is 175 Å². The number of H-pyrrole nitrogens is 1. The van der Waals surface area contributed by atoms with E-state index in [-0.39, 0.29) is 11.5 Å². The Kier molecular flexibility index (Phi) is 5.99. The first-order chi connectivity index (χ1) is 14.7. The highest BCUT2D eigenvalue weighted by Gasteiger charge is 2.14. The molecular weight excluding hydrogens is 372 g/mol. The Balaban J connectivity index is 1.52. The summed E-state index contributed by atoms with van der Waals surface area (Å²) in [6.45, 7) is 2.70. The third kappa shape index (κ3) is 4.63. The summed E-state index contributed by atoms with van der Waals surface area (Å²) in [5, 5.41) is 3.45. The molecule has 150 valence electrons. The molecule has 4 rings (SSSR count). The maximum absolute atomic E-state index is 11.8. The van der Waals surface area contributed by atoms with Gasteiger partial charge in [0.05, 0.1) is 0 Å². The molecule has 0 radical (unpaired) electrons. The smallest absolute Gasteiger partial charge is 0.251 e. The monoisotopic (exact) mass is 396 g/mol. The average Bonchev–Trinajstić information content (AvgIpc) is 2.80. The van der Waals surface area contributed by atoms with Gasteiger partial charge in [0.25, 0.3) is 5.56 Å². The SMILES string of the molecule is CCc1cc(=O)[nH]c(-c2ccc(NCC(c3ccccc3)c3ccccc3)nc2)n1. The van der Waals surface area contributed by atoms with Gasteiger partial charge in [-0.2, -0.15) is 0 Å². The molecule has 0 spiro atoms. The third-order valence-corrected chi connectivity index (χ3v) is 5.09. The topological polar surface area (TPSA) is 70.7 Å². The Bertz CT molecular complexity index is 1100. The summed E-state index contributed by atoms with van der Waals surface area (Å²) in [7, 11) is 0. The second-order valence-electron chi connectivity index (χ2n) is 7.13. The quantitative estimate of drug-likeness (QED) is 0.477. The minimum Gasteiger partial charge on any atom is -0.369 e. The molecule has 0 bridgehead atoms. The molecule has 0 aliphatic carbocycles. The van der Waals surface area contributed by atoms with Crippen molar-refractivity contribution in [3.63, 3.8) is 0 Å². The largest absolute Gasteiger partial charge is 0.369 e. The molecule has 0 amide bonds. The lowest BCUT2D eigenvalue weighted by Gasteiger charge is -2.19. The van der Waals surface area contributed by atoms with E-state index in [2.05, 4.69) is 68.8 Å². The van der Waals surface area contributed by atoms with Crippen molar-refractivity contribution in [3.05, 3.63) is 112 Å². The van der Waals surface area contributed by atoms with Crippen LogP contribution in [0.2, 0.25) is 0 Å². The fourth-order valence-electron chi connectivity index (χ4n) is 3.47. The van der Waals surface area contributed by atoms with Crippen LogP contribution in [0.15, 0.2) is 89.9 Å². The van der Waals surface area contributed by atoms with Crippen LogP contribution < -0.4 is 10.9 Å². The van der Waals surface area contributed by atoms with Crippen LogP contribution in [-0.2, 0) is 6.42 Å². The van der Waals surface area contributed by atoms with E-state index >= 15 is 0 Å². The molecule has 2 heterocycles. The van der Waals surface area contributed by atoms with E-state index < -0.39 is 0 Å². The molecule has 0 atom stereocenters. The molecular formula is C25H24N4O. The van der Waals surface area contributed by atoms with Crippen molar-refractivity contribution in [1.29, 1.82) is 0 Å². The highest BCUT2D eigenvalue weighted by Crippen LogP contribution is 2.25. The minimum atomic E-state index is -0.146. The summed E-state index contributed by atoms with van der Waals surface area (Å²) < 4.78 is 0. The van der Waals surface area contributed by atoms with Gasteiger partial charge in [-0.25, -0.2) is 9.97 Å². The van der Waals surface area contributed by atoms with Gasteiger partial charge in [-0.15, -0.1) is 0 Å². The lowest BCUT2D eigenvalue weighted by Crippen LogP contribution is -2.15. The van der Waals surface area contributed by atoms with Crippen LogP contribution in [0.4, 0.5) is 5.82 Å². The van der Waals surface area contributed by atoms with Crippen molar-refractivity contribution in [2.75, 3.05) is 11.9 Å². The second kappa shape index (κ2) is 9.18. The van der Waals surface area contributed by atoms with Gasteiger partial charge in [0.2, 0.25) is 0 Å². The molecule has 0 unspecified atom stereocenters. The van der Waals surface area contributed by atoms with Crippen LogP contribution in [-0.4, -0.2) is 21.5 Å². The molecule has 2 aromatic carbocycles. The molecule has 0 aliphatic rings. The van der Waals surface area contributed by atoms with Crippen LogP contribution in [0.3, 0.4) is 0 Å². The van der Waals surface area contributed by atoms with Crippen LogP contribution in [0.25, 0.3) is 11.4 Å². The Morgan fingerprint density at radius 2 is 1.60 bits per heavy atom. The Hall–Kier alpha value is -3.73. The van der Waals surface area contributed by atoms with Gasteiger partial charge in [-0.05, 0) is 29.7 Å². The molecule has 30 heavy (non-hydrogen) atoms. The van der Waals surface area contributed by atoms with E-state index in [4.69, 9.17) is 0 Å². The molecule has 2 N–H and O–H groups in total.